The first-order valence-corrected chi connectivity index (χ1v) is 5.32. The van der Waals surface area contributed by atoms with Gasteiger partial charge in [0.25, 0.3) is 0 Å². The second kappa shape index (κ2) is 3.90. The number of benzene rings is 1. The zero-order chi connectivity index (χ0) is 10.8. The number of carbonyl (C=O) groups is 1. The zero-order valence-electron chi connectivity index (χ0n) is 8.03. The molecule has 0 saturated carbocycles. The fourth-order valence-electron chi connectivity index (χ4n) is 1.29. The highest BCUT2D eigenvalue weighted by atomic mass is 32.1. The molecular weight excluding hydrogens is 213 g/mol. The highest BCUT2D eigenvalue weighted by Crippen LogP contribution is 2.16. The summed E-state index contributed by atoms with van der Waals surface area (Å²) in [7, 11) is 0. The Labute approximate surface area is 90.4 Å². The standard InChI is InChI=1S/C11H8FNOS/c1-7-3-2-4-8(10(7)12)11(14)9-5-15-6-13-9/h2-6H,1H3. The monoisotopic (exact) mass is 221 g/mol. The van der Waals surface area contributed by atoms with E-state index >= 15 is 0 Å². The molecule has 0 aliphatic heterocycles. The lowest BCUT2D eigenvalue weighted by Gasteiger charge is -2.02. The molecule has 76 valence electrons. The summed E-state index contributed by atoms with van der Waals surface area (Å²) in [5.74, 6) is -0.826. The molecule has 2 nitrogen and oxygen atoms in total. The summed E-state index contributed by atoms with van der Waals surface area (Å²) in [5.41, 5.74) is 2.41. The number of aromatic nitrogens is 1. The summed E-state index contributed by atoms with van der Waals surface area (Å²) in [4.78, 5) is 15.7. The first kappa shape index (κ1) is 9.98. The van der Waals surface area contributed by atoms with Gasteiger partial charge in [-0.25, -0.2) is 9.37 Å². The molecule has 0 aliphatic carbocycles. The van der Waals surface area contributed by atoms with Crippen molar-refractivity contribution >= 4 is 17.1 Å². The molecule has 0 bridgehead atoms. The largest absolute Gasteiger partial charge is 0.287 e. The Balaban J connectivity index is 2.47. The van der Waals surface area contributed by atoms with Crippen LogP contribution in [-0.4, -0.2) is 10.8 Å². The van der Waals surface area contributed by atoms with Crippen molar-refractivity contribution in [3.05, 3.63) is 51.7 Å². The van der Waals surface area contributed by atoms with Crippen LogP contribution in [0.3, 0.4) is 0 Å². The van der Waals surface area contributed by atoms with Gasteiger partial charge in [-0.3, -0.25) is 4.79 Å². The van der Waals surface area contributed by atoms with Gasteiger partial charge in [0.05, 0.1) is 11.1 Å². The van der Waals surface area contributed by atoms with Gasteiger partial charge in [-0.05, 0) is 18.6 Å². The predicted octanol–water partition coefficient (Wildman–Crippen LogP) is 2.82. The minimum atomic E-state index is -0.462. The molecular formula is C11H8FNOS. The summed E-state index contributed by atoms with van der Waals surface area (Å²) >= 11 is 1.32. The SMILES string of the molecule is Cc1cccc(C(=O)c2cscn2)c1F. The van der Waals surface area contributed by atoms with Gasteiger partial charge in [0.1, 0.15) is 11.5 Å². The molecule has 0 fully saturated rings. The van der Waals surface area contributed by atoms with Crippen molar-refractivity contribution in [1.82, 2.24) is 4.98 Å². The molecule has 1 aromatic heterocycles. The van der Waals surface area contributed by atoms with Crippen molar-refractivity contribution in [3.8, 4) is 0 Å². The average Bonchev–Trinajstić information content (AvgIpc) is 2.74. The van der Waals surface area contributed by atoms with E-state index in [1.54, 1.807) is 29.9 Å². The highest BCUT2D eigenvalue weighted by molar-refractivity contribution is 7.07. The maximum atomic E-state index is 13.6. The molecule has 0 amide bonds. The van der Waals surface area contributed by atoms with E-state index < -0.39 is 5.82 Å². The van der Waals surface area contributed by atoms with Crippen LogP contribution < -0.4 is 0 Å². The van der Waals surface area contributed by atoms with Crippen LogP contribution in [0.25, 0.3) is 0 Å². The van der Waals surface area contributed by atoms with E-state index in [1.165, 1.54) is 17.4 Å². The normalized spacial score (nSPS) is 10.3. The number of rotatable bonds is 2. The highest BCUT2D eigenvalue weighted by Gasteiger charge is 2.16. The molecule has 0 unspecified atom stereocenters. The number of ketones is 1. The number of nitrogens with zero attached hydrogens (tertiary/aromatic N) is 1. The third kappa shape index (κ3) is 1.80. The maximum absolute atomic E-state index is 13.6. The van der Waals surface area contributed by atoms with Crippen LogP contribution in [0.1, 0.15) is 21.6 Å². The Morgan fingerprint density at radius 1 is 1.47 bits per heavy atom. The van der Waals surface area contributed by atoms with Gasteiger partial charge in [-0.15, -0.1) is 11.3 Å². The fraction of sp³-hybridized carbons (Fsp3) is 0.0909. The zero-order valence-corrected chi connectivity index (χ0v) is 8.84. The minimum absolute atomic E-state index is 0.0842. The van der Waals surface area contributed by atoms with E-state index in [2.05, 4.69) is 4.98 Å². The van der Waals surface area contributed by atoms with Crippen molar-refractivity contribution in [1.29, 1.82) is 0 Å². The molecule has 0 N–H and O–H groups in total. The van der Waals surface area contributed by atoms with E-state index in [4.69, 9.17) is 0 Å². The Morgan fingerprint density at radius 3 is 2.93 bits per heavy atom. The number of halogens is 1. The molecule has 1 heterocycles. The molecule has 1 aromatic carbocycles. The quantitative estimate of drug-likeness (QED) is 0.730. The lowest BCUT2D eigenvalue weighted by Crippen LogP contribution is -2.05. The van der Waals surface area contributed by atoms with E-state index in [0.717, 1.165) is 0 Å². The number of aryl methyl sites for hydroxylation is 1. The van der Waals surface area contributed by atoms with Crippen LogP contribution in [0.2, 0.25) is 0 Å². The predicted molar refractivity (Wildman–Crippen MR) is 56.7 cm³/mol. The van der Waals surface area contributed by atoms with Crippen LogP contribution in [0.4, 0.5) is 4.39 Å². The molecule has 0 aliphatic rings. The number of carbonyl (C=O) groups excluding carboxylic acids is 1. The first-order valence-electron chi connectivity index (χ1n) is 4.38. The average molecular weight is 221 g/mol. The second-order valence-corrected chi connectivity index (χ2v) is 3.86. The number of thiazole rings is 1. The van der Waals surface area contributed by atoms with E-state index in [0.29, 0.717) is 11.3 Å². The van der Waals surface area contributed by atoms with Crippen molar-refractivity contribution in [3.63, 3.8) is 0 Å². The Morgan fingerprint density at radius 2 is 2.27 bits per heavy atom. The molecule has 0 saturated heterocycles. The van der Waals surface area contributed by atoms with Crippen LogP contribution in [0.15, 0.2) is 29.1 Å². The summed E-state index contributed by atoms with van der Waals surface area (Å²) in [6.07, 6.45) is 0. The van der Waals surface area contributed by atoms with Gasteiger partial charge in [-0.2, -0.15) is 0 Å². The molecule has 4 heteroatoms. The van der Waals surface area contributed by atoms with Crippen LogP contribution in [-0.2, 0) is 0 Å². The lowest BCUT2D eigenvalue weighted by atomic mass is 10.1. The van der Waals surface area contributed by atoms with Crippen LogP contribution in [0.5, 0.6) is 0 Å². The topological polar surface area (TPSA) is 30.0 Å². The van der Waals surface area contributed by atoms with Crippen molar-refractivity contribution < 1.29 is 9.18 Å². The van der Waals surface area contributed by atoms with Gasteiger partial charge in [0.15, 0.2) is 0 Å². The van der Waals surface area contributed by atoms with Crippen molar-refractivity contribution in [2.24, 2.45) is 0 Å². The van der Waals surface area contributed by atoms with Gasteiger partial charge < -0.3 is 0 Å². The Bertz CT molecular complexity index is 493. The summed E-state index contributed by atoms with van der Waals surface area (Å²) in [6.45, 7) is 1.63. The summed E-state index contributed by atoms with van der Waals surface area (Å²) < 4.78 is 13.6. The number of hydrogen-bond acceptors (Lipinski definition) is 3. The smallest absolute Gasteiger partial charge is 0.215 e. The third-order valence-electron chi connectivity index (χ3n) is 2.10. The van der Waals surface area contributed by atoms with E-state index in [1.807, 2.05) is 0 Å². The van der Waals surface area contributed by atoms with Crippen molar-refractivity contribution in [2.75, 3.05) is 0 Å². The molecule has 0 radical (unpaired) electrons. The lowest BCUT2D eigenvalue weighted by molar-refractivity contribution is 0.103. The van der Waals surface area contributed by atoms with E-state index in [-0.39, 0.29) is 11.3 Å². The van der Waals surface area contributed by atoms with Gasteiger partial charge in [0, 0.05) is 5.38 Å². The molecule has 2 aromatic rings. The first-order chi connectivity index (χ1) is 7.20. The second-order valence-electron chi connectivity index (χ2n) is 3.14. The molecule has 0 spiro atoms. The summed E-state index contributed by atoms with van der Waals surface area (Å²) in [6, 6.07) is 4.77. The maximum Gasteiger partial charge on any atom is 0.215 e. The van der Waals surface area contributed by atoms with E-state index in [9.17, 15) is 9.18 Å². The third-order valence-corrected chi connectivity index (χ3v) is 2.69. The number of hydrogen-bond donors (Lipinski definition) is 0. The summed E-state index contributed by atoms with van der Waals surface area (Å²) in [5, 5.41) is 1.62. The fourth-order valence-corrected chi connectivity index (χ4v) is 1.82. The molecule has 15 heavy (non-hydrogen) atoms. The minimum Gasteiger partial charge on any atom is -0.287 e. The van der Waals surface area contributed by atoms with Gasteiger partial charge in [-0.1, -0.05) is 12.1 Å². The Kier molecular flexibility index (Phi) is 2.60. The van der Waals surface area contributed by atoms with Crippen LogP contribution in [0, 0.1) is 12.7 Å². The molecule has 0 atom stereocenters. The Hall–Kier alpha value is -1.55. The van der Waals surface area contributed by atoms with Crippen molar-refractivity contribution in [2.45, 2.75) is 6.92 Å². The molecule has 2 rings (SSSR count). The van der Waals surface area contributed by atoms with Gasteiger partial charge in [0.2, 0.25) is 5.78 Å². The van der Waals surface area contributed by atoms with Gasteiger partial charge >= 0.3 is 0 Å². The van der Waals surface area contributed by atoms with Crippen LogP contribution >= 0.6 is 11.3 Å².